The fourth-order valence-corrected chi connectivity index (χ4v) is 4.25. The number of benzene rings is 1. The smallest absolute Gasteiger partial charge is 0.233 e. The molecule has 1 N–H and O–H groups in total. The number of furan rings is 1. The van der Waals surface area contributed by atoms with Gasteiger partial charge in [0.1, 0.15) is 5.76 Å². The molecular formula is C23H21N5O4S. The van der Waals surface area contributed by atoms with Crippen LogP contribution in [0.25, 0.3) is 11.4 Å². The van der Waals surface area contributed by atoms with Gasteiger partial charge in [0.2, 0.25) is 12.7 Å². The maximum absolute atomic E-state index is 12.8. The van der Waals surface area contributed by atoms with Crippen molar-refractivity contribution in [1.82, 2.24) is 25.1 Å². The summed E-state index contributed by atoms with van der Waals surface area (Å²) in [6, 6.07) is 13.1. The van der Waals surface area contributed by atoms with Gasteiger partial charge in [0.25, 0.3) is 0 Å². The Balaban J connectivity index is 1.29. The highest BCUT2D eigenvalue weighted by Crippen LogP contribution is 2.32. The number of amides is 1. The molecule has 5 rings (SSSR count). The van der Waals surface area contributed by atoms with E-state index < -0.39 is 0 Å². The summed E-state index contributed by atoms with van der Waals surface area (Å²) in [7, 11) is 0. The van der Waals surface area contributed by atoms with Gasteiger partial charge < -0.3 is 19.2 Å². The first-order chi connectivity index (χ1) is 16.2. The highest BCUT2D eigenvalue weighted by molar-refractivity contribution is 8.00. The number of ether oxygens (including phenoxy) is 2. The van der Waals surface area contributed by atoms with Crippen LogP contribution >= 0.6 is 11.8 Å². The van der Waals surface area contributed by atoms with Crippen molar-refractivity contribution in [3.63, 3.8) is 0 Å². The second kappa shape index (κ2) is 9.37. The minimum atomic E-state index is -0.389. The second-order valence-electron chi connectivity index (χ2n) is 7.38. The summed E-state index contributed by atoms with van der Waals surface area (Å²) in [6.07, 6.45) is 5.07. The molecule has 4 heterocycles. The number of hydrogen-bond acceptors (Lipinski definition) is 8. The van der Waals surface area contributed by atoms with Crippen molar-refractivity contribution in [3.8, 4) is 22.9 Å². The van der Waals surface area contributed by atoms with Crippen molar-refractivity contribution in [2.24, 2.45) is 0 Å². The fraction of sp³-hybridized carbons (Fsp3) is 0.217. The van der Waals surface area contributed by atoms with Gasteiger partial charge in [0.15, 0.2) is 22.5 Å². The van der Waals surface area contributed by atoms with Crippen molar-refractivity contribution in [2.75, 3.05) is 6.79 Å². The normalized spacial score (nSPS) is 13.1. The van der Waals surface area contributed by atoms with E-state index in [-0.39, 0.29) is 18.0 Å². The molecule has 1 aliphatic heterocycles. The largest absolute Gasteiger partial charge is 0.467 e. The molecule has 9 nitrogen and oxygen atoms in total. The van der Waals surface area contributed by atoms with Crippen LogP contribution in [0.4, 0.5) is 0 Å². The predicted molar refractivity (Wildman–Crippen MR) is 121 cm³/mol. The van der Waals surface area contributed by atoms with E-state index in [9.17, 15) is 4.79 Å². The number of carbonyl (C=O) groups is 1. The first-order valence-corrected chi connectivity index (χ1v) is 11.2. The molecule has 0 unspecified atom stereocenters. The Kier molecular flexibility index (Phi) is 5.99. The van der Waals surface area contributed by atoms with Crippen molar-refractivity contribution in [3.05, 3.63) is 72.4 Å². The predicted octanol–water partition coefficient (Wildman–Crippen LogP) is 3.51. The van der Waals surface area contributed by atoms with Crippen molar-refractivity contribution >= 4 is 17.7 Å². The maximum atomic E-state index is 12.8. The van der Waals surface area contributed by atoms with Crippen LogP contribution in [0.3, 0.4) is 0 Å². The molecule has 1 atom stereocenters. The topological polar surface area (TPSA) is 104 Å². The number of aromatic nitrogens is 4. The summed E-state index contributed by atoms with van der Waals surface area (Å²) in [4.78, 5) is 17.0. The van der Waals surface area contributed by atoms with Gasteiger partial charge in [-0.25, -0.2) is 0 Å². The summed E-state index contributed by atoms with van der Waals surface area (Å²) < 4.78 is 18.2. The number of fused-ring (bicyclic) bond motifs is 1. The Morgan fingerprint density at radius 3 is 2.91 bits per heavy atom. The first-order valence-electron chi connectivity index (χ1n) is 10.4. The highest BCUT2D eigenvalue weighted by atomic mass is 32.2. The van der Waals surface area contributed by atoms with Crippen LogP contribution in [-0.4, -0.2) is 37.7 Å². The molecule has 10 heteroatoms. The summed E-state index contributed by atoms with van der Waals surface area (Å²) in [6.45, 7) is 2.90. The molecule has 0 bridgehead atoms. The van der Waals surface area contributed by atoms with E-state index in [4.69, 9.17) is 13.9 Å². The van der Waals surface area contributed by atoms with Crippen LogP contribution in [0.2, 0.25) is 0 Å². The number of thioether (sulfide) groups is 1. The SMILES string of the molecule is C[C@@H](Sc1nnc(-c2cccnc2)n1Cc1ccco1)C(=O)NCc1ccc2c(c1)OCO2. The van der Waals surface area contributed by atoms with Crippen LogP contribution < -0.4 is 14.8 Å². The fourth-order valence-electron chi connectivity index (χ4n) is 3.38. The van der Waals surface area contributed by atoms with Crippen LogP contribution in [0, 0.1) is 0 Å². The molecule has 168 valence electrons. The molecule has 0 spiro atoms. The van der Waals surface area contributed by atoms with Crippen LogP contribution in [0.15, 0.2) is 70.7 Å². The molecule has 0 radical (unpaired) electrons. The lowest BCUT2D eigenvalue weighted by Crippen LogP contribution is -2.30. The Morgan fingerprint density at radius 1 is 1.18 bits per heavy atom. The lowest BCUT2D eigenvalue weighted by atomic mass is 10.2. The van der Waals surface area contributed by atoms with Crippen molar-refractivity contribution in [1.29, 1.82) is 0 Å². The van der Waals surface area contributed by atoms with E-state index in [0.717, 1.165) is 16.9 Å². The van der Waals surface area contributed by atoms with Gasteiger partial charge in [-0.3, -0.25) is 14.3 Å². The van der Waals surface area contributed by atoms with E-state index >= 15 is 0 Å². The van der Waals surface area contributed by atoms with Crippen LogP contribution in [0.5, 0.6) is 11.5 Å². The molecule has 1 aliphatic rings. The molecule has 0 aliphatic carbocycles. The summed E-state index contributed by atoms with van der Waals surface area (Å²) in [5.41, 5.74) is 1.77. The van der Waals surface area contributed by atoms with E-state index in [1.165, 1.54) is 11.8 Å². The Morgan fingerprint density at radius 2 is 2.09 bits per heavy atom. The van der Waals surface area contributed by atoms with Crippen molar-refractivity contribution < 1.29 is 18.7 Å². The average molecular weight is 464 g/mol. The van der Waals surface area contributed by atoms with Gasteiger partial charge in [0.05, 0.1) is 18.1 Å². The average Bonchev–Trinajstić information content (AvgIpc) is 3.60. The molecule has 0 fully saturated rings. The first kappa shape index (κ1) is 21.1. The van der Waals surface area contributed by atoms with Gasteiger partial charge >= 0.3 is 0 Å². The number of nitrogens with one attached hydrogen (secondary N) is 1. The molecule has 0 saturated carbocycles. The molecular weight excluding hydrogens is 442 g/mol. The Hall–Kier alpha value is -3.79. The van der Waals surface area contributed by atoms with Crippen LogP contribution in [-0.2, 0) is 17.9 Å². The van der Waals surface area contributed by atoms with E-state index in [1.807, 2.05) is 54.0 Å². The molecule has 33 heavy (non-hydrogen) atoms. The van der Waals surface area contributed by atoms with Crippen molar-refractivity contribution in [2.45, 2.75) is 30.4 Å². The van der Waals surface area contributed by atoms with Gasteiger partial charge in [-0.2, -0.15) is 0 Å². The maximum Gasteiger partial charge on any atom is 0.233 e. The third kappa shape index (κ3) is 4.70. The minimum Gasteiger partial charge on any atom is -0.467 e. The third-order valence-corrected chi connectivity index (χ3v) is 6.17. The molecule has 1 amide bonds. The van der Waals surface area contributed by atoms with Gasteiger partial charge in [-0.15, -0.1) is 10.2 Å². The van der Waals surface area contributed by atoms with E-state index in [2.05, 4.69) is 20.5 Å². The minimum absolute atomic E-state index is 0.104. The zero-order chi connectivity index (χ0) is 22.6. The molecule has 1 aromatic carbocycles. The number of rotatable bonds is 8. The van der Waals surface area contributed by atoms with Gasteiger partial charge in [-0.05, 0) is 48.9 Å². The van der Waals surface area contributed by atoms with Crippen LogP contribution in [0.1, 0.15) is 18.2 Å². The quantitative estimate of drug-likeness (QED) is 0.396. The lowest BCUT2D eigenvalue weighted by molar-refractivity contribution is -0.120. The Labute approximate surface area is 194 Å². The molecule has 4 aromatic rings. The monoisotopic (exact) mass is 463 g/mol. The zero-order valence-corrected chi connectivity index (χ0v) is 18.6. The van der Waals surface area contributed by atoms with Gasteiger partial charge in [-0.1, -0.05) is 17.8 Å². The van der Waals surface area contributed by atoms with Gasteiger partial charge in [0, 0.05) is 24.5 Å². The highest BCUT2D eigenvalue weighted by Gasteiger charge is 2.22. The number of carbonyl (C=O) groups excluding carboxylic acids is 1. The number of nitrogens with zero attached hydrogens (tertiary/aromatic N) is 4. The lowest BCUT2D eigenvalue weighted by Gasteiger charge is -2.13. The summed E-state index contributed by atoms with van der Waals surface area (Å²) in [5.74, 6) is 2.73. The second-order valence-corrected chi connectivity index (χ2v) is 8.69. The van der Waals surface area contributed by atoms with E-state index in [1.54, 1.807) is 18.7 Å². The molecule has 3 aromatic heterocycles. The number of hydrogen-bond donors (Lipinski definition) is 1. The van der Waals surface area contributed by atoms with E-state index in [0.29, 0.717) is 35.6 Å². The molecule has 0 saturated heterocycles. The summed E-state index contributed by atoms with van der Waals surface area (Å²) >= 11 is 1.34. The summed E-state index contributed by atoms with van der Waals surface area (Å²) in [5, 5.41) is 11.9. The Bertz CT molecular complexity index is 1240. The third-order valence-electron chi connectivity index (χ3n) is 5.09. The standard InChI is InChI=1S/C23H21N5O4S/c1-15(22(29)25-11-16-6-7-19-20(10-16)32-14-31-19)33-23-27-26-21(17-4-2-8-24-12-17)28(23)13-18-5-3-9-30-18/h2-10,12,15H,11,13-14H2,1H3,(H,25,29)/t15-/m1/s1. The zero-order valence-electron chi connectivity index (χ0n) is 17.8. The number of pyridine rings is 1.